The molecule has 1 heterocycles. The van der Waals surface area contributed by atoms with Gasteiger partial charge < -0.3 is 4.74 Å². The molecule has 0 N–H and O–H groups in total. The minimum atomic E-state index is -2.89. The Labute approximate surface area is 121 Å². The zero-order chi connectivity index (χ0) is 14.6. The van der Waals surface area contributed by atoms with E-state index < -0.39 is 9.84 Å². The largest absolute Gasteiger partial charge is 0.500 e. The molecule has 0 radical (unpaired) electrons. The van der Waals surface area contributed by atoms with Gasteiger partial charge in [0.15, 0.2) is 9.84 Å². The van der Waals surface area contributed by atoms with Crippen molar-refractivity contribution < 1.29 is 13.2 Å². The van der Waals surface area contributed by atoms with Gasteiger partial charge in [-0.2, -0.15) is 0 Å². The number of ether oxygens (including phenoxy) is 1. The molecule has 0 aromatic heterocycles. The molecule has 1 fully saturated rings. The first-order chi connectivity index (χ1) is 9.40. The molecule has 1 aliphatic rings. The van der Waals surface area contributed by atoms with Gasteiger partial charge in [0.25, 0.3) is 0 Å². The summed E-state index contributed by atoms with van der Waals surface area (Å²) in [4.78, 5) is 0. The molecule has 1 aromatic rings. The van der Waals surface area contributed by atoms with E-state index in [0.29, 0.717) is 12.4 Å². The molecule has 0 amide bonds. The second-order valence-corrected chi connectivity index (χ2v) is 8.17. The highest BCUT2D eigenvalue weighted by atomic mass is 32.2. The van der Waals surface area contributed by atoms with Crippen molar-refractivity contribution in [1.82, 2.24) is 0 Å². The lowest BCUT2D eigenvalue weighted by Gasteiger charge is -2.32. The smallest absolute Gasteiger partial charge is 0.150 e. The summed E-state index contributed by atoms with van der Waals surface area (Å²) in [5.41, 5.74) is 1.91. The summed E-state index contributed by atoms with van der Waals surface area (Å²) >= 11 is 0. The Kier molecular flexibility index (Phi) is 4.53. The van der Waals surface area contributed by atoms with Crippen LogP contribution in [0.15, 0.2) is 36.6 Å². The van der Waals surface area contributed by atoms with Crippen molar-refractivity contribution in [2.24, 2.45) is 5.41 Å². The molecular weight excluding hydrogens is 272 g/mol. The molecule has 4 heteroatoms. The molecule has 3 nitrogen and oxygen atoms in total. The van der Waals surface area contributed by atoms with E-state index in [9.17, 15) is 8.42 Å². The maximum absolute atomic E-state index is 11.7. The van der Waals surface area contributed by atoms with Crippen molar-refractivity contribution in [2.45, 2.75) is 26.7 Å². The molecule has 1 atom stereocenters. The van der Waals surface area contributed by atoms with Crippen LogP contribution in [-0.2, 0) is 14.6 Å². The van der Waals surface area contributed by atoms with Crippen LogP contribution >= 0.6 is 0 Å². The quantitative estimate of drug-likeness (QED) is 0.800. The van der Waals surface area contributed by atoms with E-state index in [4.69, 9.17) is 4.74 Å². The number of hydrogen-bond donors (Lipinski definition) is 0. The molecule has 0 aliphatic carbocycles. The normalized spacial score (nSPS) is 26.2. The van der Waals surface area contributed by atoms with Crippen LogP contribution in [0.3, 0.4) is 0 Å². The first-order valence-electron chi connectivity index (χ1n) is 6.95. The van der Waals surface area contributed by atoms with E-state index in [2.05, 4.69) is 0 Å². The molecule has 0 spiro atoms. The van der Waals surface area contributed by atoms with Crippen molar-refractivity contribution in [1.29, 1.82) is 0 Å². The predicted octanol–water partition coefficient (Wildman–Crippen LogP) is 3.28. The van der Waals surface area contributed by atoms with Crippen molar-refractivity contribution >= 4 is 15.4 Å². The zero-order valence-electron chi connectivity index (χ0n) is 12.1. The van der Waals surface area contributed by atoms with E-state index in [1.807, 2.05) is 44.2 Å². The Morgan fingerprint density at radius 3 is 2.70 bits per heavy atom. The summed E-state index contributed by atoms with van der Waals surface area (Å²) in [5.74, 6) is 0.555. The Bertz CT molecular complexity index is 575. The Balaban J connectivity index is 1.95. The Hall–Kier alpha value is -1.29. The fourth-order valence-corrected chi connectivity index (χ4v) is 4.66. The average molecular weight is 294 g/mol. The van der Waals surface area contributed by atoms with Crippen LogP contribution < -0.4 is 0 Å². The van der Waals surface area contributed by atoms with Gasteiger partial charge in [0.05, 0.1) is 24.4 Å². The molecule has 20 heavy (non-hydrogen) atoms. The molecule has 2 rings (SSSR count). The Morgan fingerprint density at radius 2 is 2.05 bits per heavy atom. The van der Waals surface area contributed by atoms with Crippen LogP contribution in [0.25, 0.3) is 5.57 Å². The van der Waals surface area contributed by atoms with E-state index in [1.54, 1.807) is 6.26 Å². The molecule has 1 aliphatic heterocycles. The minimum absolute atomic E-state index is 0.234. The third-order valence-electron chi connectivity index (χ3n) is 3.73. The van der Waals surface area contributed by atoms with Crippen molar-refractivity contribution in [2.75, 3.05) is 18.1 Å². The maximum Gasteiger partial charge on any atom is 0.150 e. The maximum atomic E-state index is 11.7. The highest BCUT2D eigenvalue weighted by Crippen LogP contribution is 2.31. The van der Waals surface area contributed by atoms with Gasteiger partial charge in [0.1, 0.15) is 0 Å². The standard InChI is InChI=1S/C16H22O3S/c1-14(15-7-4-3-5-8-15)11-19-12-16(2)9-6-10-20(17,18)13-16/h3-5,7-8,11H,6,9-10,12-13H2,1-2H3/b14-11-. The van der Waals surface area contributed by atoms with Crippen molar-refractivity contribution in [3.05, 3.63) is 42.2 Å². The topological polar surface area (TPSA) is 43.4 Å². The van der Waals surface area contributed by atoms with E-state index in [1.165, 1.54) is 0 Å². The van der Waals surface area contributed by atoms with Crippen LogP contribution in [-0.4, -0.2) is 26.5 Å². The van der Waals surface area contributed by atoms with Crippen LogP contribution in [0, 0.1) is 5.41 Å². The summed E-state index contributed by atoms with van der Waals surface area (Å²) in [7, 11) is -2.89. The highest BCUT2D eigenvalue weighted by molar-refractivity contribution is 7.91. The lowest BCUT2D eigenvalue weighted by molar-refractivity contribution is 0.128. The average Bonchev–Trinajstić information content (AvgIpc) is 2.38. The molecular formula is C16H22O3S. The van der Waals surface area contributed by atoms with Gasteiger partial charge >= 0.3 is 0 Å². The number of sulfone groups is 1. The zero-order valence-corrected chi connectivity index (χ0v) is 12.9. The molecule has 1 saturated heterocycles. The molecule has 110 valence electrons. The van der Waals surface area contributed by atoms with Crippen LogP contribution in [0.2, 0.25) is 0 Å². The highest BCUT2D eigenvalue weighted by Gasteiger charge is 2.35. The van der Waals surface area contributed by atoms with E-state index >= 15 is 0 Å². The van der Waals surface area contributed by atoms with Gasteiger partial charge in [0.2, 0.25) is 0 Å². The van der Waals surface area contributed by atoms with Gasteiger partial charge in [0, 0.05) is 5.41 Å². The van der Waals surface area contributed by atoms with Gasteiger partial charge in [-0.05, 0) is 30.9 Å². The van der Waals surface area contributed by atoms with Gasteiger partial charge in [-0.3, -0.25) is 0 Å². The van der Waals surface area contributed by atoms with Crippen molar-refractivity contribution in [3.8, 4) is 0 Å². The Morgan fingerprint density at radius 1 is 1.35 bits per heavy atom. The second-order valence-electron chi connectivity index (χ2n) is 5.98. The fraction of sp³-hybridized carbons (Fsp3) is 0.500. The monoisotopic (exact) mass is 294 g/mol. The summed E-state index contributed by atoms with van der Waals surface area (Å²) in [6.07, 6.45) is 3.38. The number of hydrogen-bond acceptors (Lipinski definition) is 3. The van der Waals surface area contributed by atoms with Crippen LogP contribution in [0.1, 0.15) is 32.3 Å². The van der Waals surface area contributed by atoms with Gasteiger partial charge in [-0.15, -0.1) is 0 Å². The lowest BCUT2D eigenvalue weighted by Crippen LogP contribution is -2.37. The molecule has 1 unspecified atom stereocenters. The lowest BCUT2D eigenvalue weighted by atomic mass is 9.88. The summed E-state index contributed by atoms with van der Waals surface area (Å²) in [5, 5.41) is 0. The SMILES string of the molecule is C/C(=C/OCC1(C)CCCS(=O)(=O)C1)c1ccccc1. The number of benzene rings is 1. The van der Waals surface area contributed by atoms with Gasteiger partial charge in [-0.1, -0.05) is 37.3 Å². The van der Waals surface area contributed by atoms with E-state index in [-0.39, 0.29) is 11.2 Å². The van der Waals surface area contributed by atoms with Gasteiger partial charge in [-0.25, -0.2) is 8.42 Å². The predicted molar refractivity (Wildman–Crippen MR) is 82.0 cm³/mol. The third-order valence-corrected chi connectivity index (χ3v) is 5.77. The summed E-state index contributed by atoms with van der Waals surface area (Å²) in [6, 6.07) is 10.0. The number of allylic oxidation sites excluding steroid dienone is 1. The molecule has 1 aromatic carbocycles. The minimum Gasteiger partial charge on any atom is -0.500 e. The number of rotatable bonds is 4. The fourth-order valence-electron chi connectivity index (χ4n) is 2.64. The van der Waals surface area contributed by atoms with Crippen LogP contribution in [0.4, 0.5) is 0 Å². The van der Waals surface area contributed by atoms with E-state index in [0.717, 1.165) is 24.0 Å². The third kappa shape index (κ3) is 4.10. The van der Waals surface area contributed by atoms with Crippen molar-refractivity contribution in [3.63, 3.8) is 0 Å². The second kappa shape index (κ2) is 6.00. The first kappa shape index (κ1) is 15.1. The molecule has 0 bridgehead atoms. The first-order valence-corrected chi connectivity index (χ1v) is 8.77. The molecule has 0 saturated carbocycles. The van der Waals surface area contributed by atoms with Crippen LogP contribution in [0.5, 0.6) is 0 Å². The summed E-state index contributed by atoms with van der Waals surface area (Å²) in [6.45, 7) is 4.45. The summed E-state index contributed by atoms with van der Waals surface area (Å²) < 4.78 is 29.1.